The lowest BCUT2D eigenvalue weighted by atomic mass is 9.80. The zero-order chi connectivity index (χ0) is 20.5. The summed E-state index contributed by atoms with van der Waals surface area (Å²) in [5, 5.41) is 12.1. The molecule has 1 heterocycles. The second-order valence-corrected chi connectivity index (χ2v) is 7.93. The van der Waals surface area contributed by atoms with E-state index in [4.69, 9.17) is 0 Å². The van der Waals surface area contributed by atoms with Crippen molar-refractivity contribution in [3.8, 4) is 6.07 Å². The third-order valence-electron chi connectivity index (χ3n) is 5.44. The molecule has 3 rings (SSSR count). The van der Waals surface area contributed by atoms with Gasteiger partial charge in [-0.3, -0.25) is 4.79 Å². The minimum absolute atomic E-state index is 0.00132. The zero-order valence-electron chi connectivity index (χ0n) is 16.6. The summed E-state index contributed by atoms with van der Waals surface area (Å²) in [5.41, 5.74) is 3.72. The highest BCUT2D eigenvalue weighted by molar-refractivity contribution is 6.09. The second-order valence-electron chi connectivity index (χ2n) is 7.93. The minimum atomic E-state index is -0.516. The molecule has 0 spiro atoms. The van der Waals surface area contributed by atoms with Crippen LogP contribution in [0.4, 0.5) is 15.8 Å². The average molecular weight is 377 g/mol. The molecule has 0 saturated heterocycles. The summed E-state index contributed by atoms with van der Waals surface area (Å²) >= 11 is 0. The first-order chi connectivity index (χ1) is 13.2. The Kier molecular flexibility index (Phi) is 5.24. The number of nitriles is 1. The number of benzene rings is 2. The standard InChI is InChI=1S/C23H24FN3O/c1-15-13-23(2,3)27(4)21-10-5-16(12-20(15)21)11-17(14-25)22(28)26-19-8-6-18(24)7-9-19/h5-12,15H,13H2,1-4H3,(H,26,28)/b17-11+. The molecule has 1 amide bonds. The normalized spacial score (nSPS) is 18.2. The Morgan fingerprint density at radius 2 is 1.96 bits per heavy atom. The quantitative estimate of drug-likeness (QED) is 0.598. The Balaban J connectivity index is 1.87. The van der Waals surface area contributed by atoms with Gasteiger partial charge in [0.2, 0.25) is 0 Å². The van der Waals surface area contributed by atoms with Gasteiger partial charge in [0.25, 0.3) is 5.91 Å². The monoisotopic (exact) mass is 377 g/mol. The summed E-state index contributed by atoms with van der Waals surface area (Å²) in [6.07, 6.45) is 2.62. The molecular weight excluding hydrogens is 353 g/mol. The number of nitrogens with zero attached hydrogens (tertiary/aromatic N) is 2. The topological polar surface area (TPSA) is 56.1 Å². The molecule has 1 N–H and O–H groups in total. The fraction of sp³-hybridized carbons (Fsp3) is 0.304. The zero-order valence-corrected chi connectivity index (χ0v) is 16.6. The molecule has 0 aromatic heterocycles. The number of amides is 1. The van der Waals surface area contributed by atoms with E-state index >= 15 is 0 Å². The van der Waals surface area contributed by atoms with Gasteiger partial charge >= 0.3 is 0 Å². The number of nitrogens with one attached hydrogen (secondary N) is 1. The van der Waals surface area contributed by atoms with Crippen LogP contribution in [0, 0.1) is 17.1 Å². The fourth-order valence-electron chi connectivity index (χ4n) is 3.73. The molecule has 1 atom stereocenters. The third-order valence-corrected chi connectivity index (χ3v) is 5.44. The van der Waals surface area contributed by atoms with Gasteiger partial charge in [-0.2, -0.15) is 5.26 Å². The van der Waals surface area contributed by atoms with Gasteiger partial charge in [0, 0.05) is 24.0 Å². The van der Waals surface area contributed by atoms with Gasteiger partial charge in [-0.15, -0.1) is 0 Å². The first-order valence-corrected chi connectivity index (χ1v) is 9.28. The number of rotatable bonds is 3. The molecule has 2 aromatic carbocycles. The van der Waals surface area contributed by atoms with Gasteiger partial charge in [-0.1, -0.05) is 13.0 Å². The molecular formula is C23H24FN3O. The fourth-order valence-corrected chi connectivity index (χ4v) is 3.73. The molecule has 1 unspecified atom stereocenters. The van der Waals surface area contributed by atoms with Gasteiger partial charge < -0.3 is 10.2 Å². The molecule has 144 valence electrons. The molecule has 28 heavy (non-hydrogen) atoms. The summed E-state index contributed by atoms with van der Waals surface area (Å²) in [6, 6.07) is 13.4. The van der Waals surface area contributed by atoms with Crippen LogP contribution < -0.4 is 10.2 Å². The average Bonchev–Trinajstić information content (AvgIpc) is 2.65. The highest BCUT2D eigenvalue weighted by Gasteiger charge is 2.33. The number of carbonyl (C=O) groups excluding carboxylic acids is 1. The highest BCUT2D eigenvalue weighted by Crippen LogP contribution is 2.42. The number of hydrogen-bond donors (Lipinski definition) is 1. The van der Waals surface area contributed by atoms with Crippen molar-refractivity contribution in [3.63, 3.8) is 0 Å². The molecule has 0 bridgehead atoms. The van der Waals surface area contributed by atoms with Crippen LogP contribution in [-0.4, -0.2) is 18.5 Å². The lowest BCUT2D eigenvalue weighted by molar-refractivity contribution is -0.112. The number of carbonyl (C=O) groups is 1. The first-order valence-electron chi connectivity index (χ1n) is 9.28. The number of fused-ring (bicyclic) bond motifs is 1. The van der Waals surface area contributed by atoms with Gasteiger partial charge in [0.15, 0.2) is 0 Å². The first kappa shape index (κ1) is 19.6. The number of hydrogen-bond acceptors (Lipinski definition) is 3. The van der Waals surface area contributed by atoms with Crippen molar-refractivity contribution < 1.29 is 9.18 Å². The smallest absolute Gasteiger partial charge is 0.266 e. The van der Waals surface area contributed by atoms with Crippen LogP contribution in [-0.2, 0) is 4.79 Å². The summed E-state index contributed by atoms with van der Waals surface area (Å²) in [6.45, 7) is 6.66. The Labute approximate surface area is 165 Å². The summed E-state index contributed by atoms with van der Waals surface area (Å²) in [5.74, 6) is -0.517. The van der Waals surface area contributed by atoms with E-state index in [1.165, 1.54) is 35.5 Å². The lowest BCUT2D eigenvalue weighted by Gasteiger charge is -2.45. The van der Waals surface area contributed by atoms with E-state index < -0.39 is 5.91 Å². The van der Waals surface area contributed by atoms with Crippen LogP contribution in [0.15, 0.2) is 48.0 Å². The Hall–Kier alpha value is -3.13. The van der Waals surface area contributed by atoms with Crippen molar-refractivity contribution in [3.05, 3.63) is 65.0 Å². The Morgan fingerprint density at radius 3 is 2.61 bits per heavy atom. The van der Waals surface area contributed by atoms with Gasteiger partial charge in [-0.05, 0) is 79.8 Å². The van der Waals surface area contributed by atoms with E-state index in [-0.39, 0.29) is 16.9 Å². The Morgan fingerprint density at radius 1 is 1.29 bits per heavy atom. The maximum absolute atomic E-state index is 13.0. The van der Waals surface area contributed by atoms with E-state index in [0.29, 0.717) is 11.6 Å². The van der Waals surface area contributed by atoms with Crippen LogP contribution in [0.2, 0.25) is 0 Å². The van der Waals surface area contributed by atoms with Crippen molar-refractivity contribution in [2.75, 3.05) is 17.3 Å². The summed E-state index contributed by atoms with van der Waals surface area (Å²) < 4.78 is 13.0. The van der Waals surface area contributed by atoms with Crippen molar-refractivity contribution >= 4 is 23.4 Å². The van der Waals surface area contributed by atoms with E-state index in [9.17, 15) is 14.4 Å². The largest absolute Gasteiger partial charge is 0.369 e. The minimum Gasteiger partial charge on any atom is -0.369 e. The van der Waals surface area contributed by atoms with E-state index in [1.807, 2.05) is 24.3 Å². The molecule has 1 aliphatic heterocycles. The maximum atomic E-state index is 13.0. The van der Waals surface area contributed by atoms with Crippen LogP contribution >= 0.6 is 0 Å². The SMILES string of the molecule is CC1CC(C)(C)N(C)c2ccc(/C=C(\C#N)C(=O)Nc3ccc(F)cc3)cc21. The van der Waals surface area contributed by atoms with Crippen molar-refractivity contribution in [1.82, 2.24) is 0 Å². The van der Waals surface area contributed by atoms with Crippen LogP contribution in [0.1, 0.15) is 44.2 Å². The van der Waals surface area contributed by atoms with Gasteiger partial charge in [0.1, 0.15) is 17.5 Å². The van der Waals surface area contributed by atoms with Crippen LogP contribution in [0.3, 0.4) is 0 Å². The third kappa shape index (κ3) is 3.91. The summed E-state index contributed by atoms with van der Waals surface area (Å²) in [4.78, 5) is 14.7. The Bertz CT molecular complexity index is 970. The molecule has 0 fully saturated rings. The van der Waals surface area contributed by atoms with Gasteiger partial charge in [0.05, 0.1) is 0 Å². The van der Waals surface area contributed by atoms with Crippen LogP contribution in [0.5, 0.6) is 0 Å². The molecule has 1 aliphatic rings. The number of anilines is 2. The predicted molar refractivity (Wildman–Crippen MR) is 111 cm³/mol. The molecule has 0 saturated carbocycles. The lowest BCUT2D eigenvalue weighted by Crippen LogP contribution is -2.45. The summed E-state index contributed by atoms with van der Waals surface area (Å²) in [7, 11) is 2.09. The molecule has 0 radical (unpaired) electrons. The van der Waals surface area contributed by atoms with Crippen molar-refractivity contribution in [1.29, 1.82) is 5.26 Å². The number of halogens is 1. The van der Waals surface area contributed by atoms with E-state index in [1.54, 1.807) is 6.08 Å². The molecule has 5 heteroatoms. The molecule has 4 nitrogen and oxygen atoms in total. The van der Waals surface area contributed by atoms with E-state index in [2.05, 4.69) is 38.0 Å². The van der Waals surface area contributed by atoms with Crippen molar-refractivity contribution in [2.45, 2.75) is 38.6 Å². The molecule has 0 aliphatic carbocycles. The van der Waals surface area contributed by atoms with Crippen LogP contribution in [0.25, 0.3) is 6.08 Å². The van der Waals surface area contributed by atoms with E-state index in [0.717, 1.165) is 12.0 Å². The molecule has 2 aromatic rings. The second kappa shape index (κ2) is 7.47. The van der Waals surface area contributed by atoms with Gasteiger partial charge in [-0.25, -0.2) is 4.39 Å². The maximum Gasteiger partial charge on any atom is 0.266 e. The highest BCUT2D eigenvalue weighted by atomic mass is 19.1. The van der Waals surface area contributed by atoms with Crippen molar-refractivity contribution in [2.24, 2.45) is 0 Å². The predicted octanol–water partition coefficient (Wildman–Crippen LogP) is 5.09.